The van der Waals surface area contributed by atoms with E-state index in [-0.39, 0.29) is 11.7 Å². The molecule has 0 saturated heterocycles. The molecule has 0 heterocycles. The molecule has 0 fully saturated rings. The van der Waals surface area contributed by atoms with Gasteiger partial charge in [0.1, 0.15) is 5.78 Å². The predicted octanol–water partition coefficient (Wildman–Crippen LogP) is 3.94. The molecule has 1 aromatic rings. The van der Waals surface area contributed by atoms with Crippen LogP contribution in [0.25, 0.3) is 0 Å². The van der Waals surface area contributed by atoms with Gasteiger partial charge in [-0.25, -0.2) is 0 Å². The fourth-order valence-electron chi connectivity index (χ4n) is 2.27. The van der Waals surface area contributed by atoms with Gasteiger partial charge in [0.05, 0.1) is 0 Å². The predicted molar refractivity (Wildman–Crippen MR) is 71.1 cm³/mol. The number of allylic oxidation sites excluding steroid dienone is 4. The molecule has 0 spiro atoms. The zero-order chi connectivity index (χ0) is 12.3. The maximum absolute atomic E-state index is 11.4. The molecule has 0 aromatic heterocycles. The van der Waals surface area contributed by atoms with Gasteiger partial charge in [-0.1, -0.05) is 53.6 Å². The van der Waals surface area contributed by atoms with Gasteiger partial charge in [0.15, 0.2) is 0 Å². The van der Waals surface area contributed by atoms with Crippen LogP contribution in [0.3, 0.4) is 0 Å². The van der Waals surface area contributed by atoms with Crippen molar-refractivity contribution in [2.24, 2.45) is 0 Å². The Morgan fingerprint density at radius 2 is 2.00 bits per heavy atom. The Kier molecular flexibility index (Phi) is 3.58. The van der Waals surface area contributed by atoms with Crippen LogP contribution in [-0.2, 0) is 4.79 Å². The Labute approximate surface area is 103 Å². The number of hydrogen-bond donors (Lipinski definition) is 0. The fourth-order valence-corrected chi connectivity index (χ4v) is 2.27. The first-order chi connectivity index (χ1) is 8.16. The van der Waals surface area contributed by atoms with E-state index in [0.29, 0.717) is 6.42 Å². The van der Waals surface area contributed by atoms with Gasteiger partial charge in [0, 0.05) is 12.3 Å². The van der Waals surface area contributed by atoms with Crippen LogP contribution in [0.5, 0.6) is 0 Å². The third-order valence-corrected chi connectivity index (χ3v) is 3.22. The zero-order valence-corrected chi connectivity index (χ0v) is 10.4. The fraction of sp³-hybridized carbons (Fsp3) is 0.312. The van der Waals surface area contributed by atoms with E-state index in [1.807, 2.05) is 0 Å². The van der Waals surface area contributed by atoms with E-state index >= 15 is 0 Å². The highest BCUT2D eigenvalue weighted by molar-refractivity contribution is 5.77. The van der Waals surface area contributed by atoms with Crippen molar-refractivity contribution in [2.45, 2.75) is 32.6 Å². The van der Waals surface area contributed by atoms with Gasteiger partial charge in [0.25, 0.3) is 0 Å². The summed E-state index contributed by atoms with van der Waals surface area (Å²) >= 11 is 0. The Balaban J connectivity index is 2.26. The van der Waals surface area contributed by atoms with Crippen LogP contribution in [0.4, 0.5) is 0 Å². The van der Waals surface area contributed by atoms with Crippen molar-refractivity contribution < 1.29 is 4.79 Å². The van der Waals surface area contributed by atoms with Crippen molar-refractivity contribution in [3.8, 4) is 0 Å². The van der Waals surface area contributed by atoms with E-state index in [2.05, 4.69) is 49.4 Å². The molecule has 1 nitrogen and oxygen atoms in total. The molecular formula is C16H18O. The molecule has 17 heavy (non-hydrogen) atoms. The lowest BCUT2D eigenvalue weighted by Crippen LogP contribution is -2.06. The molecule has 0 aliphatic heterocycles. The largest absolute Gasteiger partial charge is 0.300 e. The molecule has 0 saturated carbocycles. The summed E-state index contributed by atoms with van der Waals surface area (Å²) in [5, 5.41) is 0. The minimum absolute atomic E-state index is 0.253. The molecule has 1 aromatic carbocycles. The molecule has 88 valence electrons. The molecular weight excluding hydrogens is 208 g/mol. The minimum Gasteiger partial charge on any atom is -0.300 e. The van der Waals surface area contributed by atoms with Gasteiger partial charge in [0.2, 0.25) is 0 Å². The van der Waals surface area contributed by atoms with Gasteiger partial charge < -0.3 is 0 Å². The number of carbonyl (C=O) groups excluding carboxylic acids is 1. The topological polar surface area (TPSA) is 17.1 Å². The first kappa shape index (κ1) is 11.8. The van der Waals surface area contributed by atoms with Crippen molar-refractivity contribution in [3.63, 3.8) is 0 Å². The van der Waals surface area contributed by atoms with Crippen molar-refractivity contribution in [1.82, 2.24) is 0 Å². The summed E-state index contributed by atoms with van der Waals surface area (Å²) in [5.74, 6) is 0.506. The summed E-state index contributed by atoms with van der Waals surface area (Å²) in [7, 11) is 0. The number of Topliss-reactive ketones (excluding diaryl/α,β-unsaturated/α-hetero) is 1. The van der Waals surface area contributed by atoms with Crippen molar-refractivity contribution >= 4 is 5.78 Å². The summed E-state index contributed by atoms with van der Waals surface area (Å²) in [6.07, 6.45) is 7.96. The van der Waals surface area contributed by atoms with Crippen LogP contribution >= 0.6 is 0 Å². The maximum atomic E-state index is 11.4. The van der Waals surface area contributed by atoms with E-state index in [0.717, 1.165) is 6.42 Å². The number of ketones is 1. The van der Waals surface area contributed by atoms with E-state index in [9.17, 15) is 4.79 Å². The molecule has 1 atom stereocenters. The maximum Gasteiger partial charge on any atom is 0.130 e. The van der Waals surface area contributed by atoms with Crippen molar-refractivity contribution in [1.29, 1.82) is 0 Å². The van der Waals surface area contributed by atoms with Crippen LogP contribution in [0, 0.1) is 6.92 Å². The third-order valence-electron chi connectivity index (χ3n) is 3.22. The second-order valence-corrected chi connectivity index (χ2v) is 4.74. The summed E-state index contributed by atoms with van der Waals surface area (Å²) in [5.41, 5.74) is 3.86. The molecule has 0 N–H and O–H groups in total. The highest BCUT2D eigenvalue weighted by Crippen LogP contribution is 2.32. The number of hydrogen-bond acceptors (Lipinski definition) is 1. The molecule has 1 aliphatic carbocycles. The van der Waals surface area contributed by atoms with Gasteiger partial charge in [-0.3, -0.25) is 4.79 Å². The zero-order valence-electron chi connectivity index (χ0n) is 10.4. The monoisotopic (exact) mass is 226 g/mol. The summed E-state index contributed by atoms with van der Waals surface area (Å²) in [4.78, 5) is 11.4. The van der Waals surface area contributed by atoms with E-state index in [4.69, 9.17) is 0 Å². The molecule has 0 amide bonds. The molecule has 1 aliphatic rings. The van der Waals surface area contributed by atoms with E-state index in [1.165, 1.54) is 16.7 Å². The Morgan fingerprint density at radius 1 is 1.29 bits per heavy atom. The Hall–Kier alpha value is -1.63. The van der Waals surface area contributed by atoms with E-state index in [1.54, 1.807) is 6.92 Å². The van der Waals surface area contributed by atoms with Crippen LogP contribution in [-0.4, -0.2) is 5.78 Å². The Bertz CT molecular complexity index is 463. The van der Waals surface area contributed by atoms with Gasteiger partial charge in [-0.15, -0.1) is 0 Å². The first-order valence-corrected chi connectivity index (χ1v) is 6.08. The standard InChI is InChI=1S/C16H18O/c1-12-7-9-15(10-8-12)16(11-13(2)17)14-5-3-4-6-14/h3-5,7-10,16H,6,11H2,1-2H3. The average Bonchev–Trinajstić information content (AvgIpc) is 2.80. The molecule has 0 bridgehead atoms. The van der Waals surface area contributed by atoms with Gasteiger partial charge >= 0.3 is 0 Å². The summed E-state index contributed by atoms with van der Waals surface area (Å²) in [6, 6.07) is 8.51. The lowest BCUT2D eigenvalue weighted by atomic mass is 9.86. The lowest BCUT2D eigenvalue weighted by molar-refractivity contribution is -0.117. The third kappa shape index (κ3) is 2.94. The van der Waals surface area contributed by atoms with Gasteiger partial charge in [-0.2, -0.15) is 0 Å². The highest BCUT2D eigenvalue weighted by atomic mass is 16.1. The molecule has 1 heteroatoms. The second kappa shape index (κ2) is 5.13. The SMILES string of the molecule is CC(=O)CC(C1=CC=CC1)c1ccc(C)cc1. The quantitative estimate of drug-likeness (QED) is 0.760. The molecule has 0 radical (unpaired) electrons. The lowest BCUT2D eigenvalue weighted by Gasteiger charge is -2.18. The van der Waals surface area contributed by atoms with Crippen LogP contribution in [0.2, 0.25) is 0 Å². The molecule has 1 unspecified atom stereocenters. The van der Waals surface area contributed by atoms with Crippen molar-refractivity contribution in [3.05, 3.63) is 59.2 Å². The normalized spacial score (nSPS) is 15.8. The van der Waals surface area contributed by atoms with Crippen molar-refractivity contribution in [2.75, 3.05) is 0 Å². The molecule has 2 rings (SSSR count). The van der Waals surface area contributed by atoms with Crippen LogP contribution in [0.1, 0.15) is 36.8 Å². The van der Waals surface area contributed by atoms with Crippen LogP contribution < -0.4 is 0 Å². The average molecular weight is 226 g/mol. The number of rotatable bonds is 4. The van der Waals surface area contributed by atoms with Crippen LogP contribution in [0.15, 0.2) is 48.1 Å². The summed E-state index contributed by atoms with van der Waals surface area (Å²) in [6.45, 7) is 3.75. The Morgan fingerprint density at radius 3 is 2.53 bits per heavy atom. The number of benzene rings is 1. The summed E-state index contributed by atoms with van der Waals surface area (Å²) < 4.78 is 0. The number of aryl methyl sites for hydroxylation is 1. The minimum atomic E-state index is 0.253. The number of carbonyl (C=O) groups is 1. The smallest absolute Gasteiger partial charge is 0.130 e. The second-order valence-electron chi connectivity index (χ2n) is 4.74. The first-order valence-electron chi connectivity index (χ1n) is 6.08. The van der Waals surface area contributed by atoms with Gasteiger partial charge in [-0.05, 0) is 25.8 Å². The highest BCUT2D eigenvalue weighted by Gasteiger charge is 2.18. The van der Waals surface area contributed by atoms with E-state index < -0.39 is 0 Å².